The summed E-state index contributed by atoms with van der Waals surface area (Å²) in [7, 11) is 1.63. The summed E-state index contributed by atoms with van der Waals surface area (Å²) in [6.07, 6.45) is 5.54. The zero-order valence-electron chi connectivity index (χ0n) is 12.7. The van der Waals surface area contributed by atoms with Gasteiger partial charge in [0.2, 0.25) is 0 Å². The average molecular weight is 323 g/mol. The topological polar surface area (TPSA) is 78.7 Å². The Bertz CT molecular complexity index is 616. The van der Waals surface area contributed by atoms with E-state index < -0.39 is 22.4 Å². The quantitative estimate of drug-likeness (QED) is 0.360. The van der Waals surface area contributed by atoms with Gasteiger partial charge in [0.1, 0.15) is 11.9 Å². The maximum atomic E-state index is 13.1. The summed E-state index contributed by atoms with van der Waals surface area (Å²) >= 11 is 0. The molecule has 0 amide bonds. The van der Waals surface area contributed by atoms with Gasteiger partial charge in [-0.25, -0.2) is 9.18 Å². The molecule has 2 rings (SSSR count). The molecule has 1 aromatic rings. The van der Waals surface area contributed by atoms with E-state index in [0.717, 1.165) is 37.5 Å². The number of benzene rings is 1. The van der Waals surface area contributed by atoms with Gasteiger partial charge in [0, 0.05) is 19.6 Å². The van der Waals surface area contributed by atoms with Crippen LogP contribution in [-0.4, -0.2) is 30.2 Å². The summed E-state index contributed by atoms with van der Waals surface area (Å²) in [5, 5.41) is 10.9. The van der Waals surface area contributed by atoms with Gasteiger partial charge in [0.05, 0.1) is 22.7 Å². The number of halogens is 1. The molecule has 0 bridgehead atoms. The van der Waals surface area contributed by atoms with Crippen molar-refractivity contribution in [1.29, 1.82) is 0 Å². The van der Waals surface area contributed by atoms with Crippen LogP contribution in [0.25, 0.3) is 6.08 Å². The van der Waals surface area contributed by atoms with E-state index >= 15 is 0 Å². The summed E-state index contributed by atoms with van der Waals surface area (Å²) in [5.74, 6) is -1.28. The smallest absolute Gasteiger partial charge is 0.331 e. The van der Waals surface area contributed by atoms with E-state index in [1.807, 2.05) is 0 Å². The first-order valence-electron chi connectivity index (χ1n) is 7.35. The molecule has 7 heteroatoms. The third-order valence-electron chi connectivity index (χ3n) is 3.78. The van der Waals surface area contributed by atoms with Crippen molar-refractivity contribution < 1.29 is 23.6 Å². The number of hydrogen-bond donors (Lipinski definition) is 0. The highest BCUT2D eigenvalue weighted by atomic mass is 19.1. The zero-order chi connectivity index (χ0) is 16.8. The number of rotatable bonds is 5. The van der Waals surface area contributed by atoms with E-state index in [-0.39, 0.29) is 17.8 Å². The maximum Gasteiger partial charge on any atom is 0.331 e. The van der Waals surface area contributed by atoms with Crippen LogP contribution in [-0.2, 0) is 14.3 Å². The van der Waals surface area contributed by atoms with Crippen LogP contribution in [0, 0.1) is 15.9 Å². The summed E-state index contributed by atoms with van der Waals surface area (Å²) < 4.78 is 23.6. The molecule has 0 spiro atoms. The lowest BCUT2D eigenvalue weighted by atomic mass is 9.95. The minimum Gasteiger partial charge on any atom is -0.459 e. The van der Waals surface area contributed by atoms with Gasteiger partial charge in [0.15, 0.2) is 0 Å². The largest absolute Gasteiger partial charge is 0.459 e. The molecule has 1 saturated carbocycles. The summed E-state index contributed by atoms with van der Waals surface area (Å²) in [6, 6.07) is 3.16. The molecule has 0 unspecified atom stereocenters. The first-order valence-corrected chi connectivity index (χ1v) is 7.35. The Morgan fingerprint density at radius 3 is 2.83 bits per heavy atom. The lowest BCUT2D eigenvalue weighted by Gasteiger charge is -2.27. The van der Waals surface area contributed by atoms with Crippen LogP contribution in [0.2, 0.25) is 0 Å². The van der Waals surface area contributed by atoms with Gasteiger partial charge in [-0.3, -0.25) is 10.1 Å². The van der Waals surface area contributed by atoms with Crippen LogP contribution in [0.5, 0.6) is 0 Å². The van der Waals surface area contributed by atoms with Crippen molar-refractivity contribution in [2.75, 3.05) is 7.11 Å². The highest BCUT2D eigenvalue weighted by molar-refractivity contribution is 5.88. The molecule has 1 fully saturated rings. The van der Waals surface area contributed by atoms with Gasteiger partial charge >= 0.3 is 5.97 Å². The Balaban J connectivity index is 2.00. The second kappa shape index (κ2) is 7.82. The number of methoxy groups -OCH3 is 1. The van der Waals surface area contributed by atoms with E-state index in [9.17, 15) is 19.3 Å². The number of esters is 1. The number of hydrogen-bond acceptors (Lipinski definition) is 5. The normalized spacial score (nSPS) is 21.3. The van der Waals surface area contributed by atoms with Crippen molar-refractivity contribution >= 4 is 17.7 Å². The third-order valence-corrected chi connectivity index (χ3v) is 3.78. The number of nitro groups is 1. The minimum atomic E-state index is -0.704. The highest BCUT2D eigenvalue weighted by Gasteiger charge is 2.24. The predicted molar refractivity (Wildman–Crippen MR) is 81.2 cm³/mol. The van der Waals surface area contributed by atoms with E-state index in [0.29, 0.717) is 6.42 Å². The van der Waals surface area contributed by atoms with E-state index in [2.05, 4.69) is 0 Å². The molecule has 6 nitrogen and oxygen atoms in total. The molecule has 0 aliphatic heterocycles. The summed E-state index contributed by atoms with van der Waals surface area (Å²) in [6.45, 7) is 0. The standard InChI is InChI=1S/C16H18FNO5/c1-22-13-3-2-4-14(10-13)23-16(19)8-6-11-5-7-12(17)9-15(11)18(20)21/h5-9,13-14H,2-4,10H2,1H3/b8-6+/t13-,14-/m1/s1. The Labute approximate surface area is 133 Å². The molecule has 1 aliphatic rings. The first kappa shape index (κ1) is 17.1. The lowest BCUT2D eigenvalue weighted by Crippen LogP contribution is -2.28. The van der Waals surface area contributed by atoms with Crippen LogP contribution in [0.4, 0.5) is 10.1 Å². The Morgan fingerprint density at radius 1 is 1.39 bits per heavy atom. The molecule has 124 valence electrons. The van der Waals surface area contributed by atoms with Crippen LogP contribution >= 0.6 is 0 Å². The van der Waals surface area contributed by atoms with E-state index in [1.54, 1.807) is 7.11 Å². The molecule has 23 heavy (non-hydrogen) atoms. The summed E-state index contributed by atoms with van der Waals surface area (Å²) in [5.41, 5.74) is -0.252. The lowest BCUT2D eigenvalue weighted by molar-refractivity contribution is -0.385. The Kier molecular flexibility index (Phi) is 5.81. The van der Waals surface area contributed by atoms with Gasteiger partial charge < -0.3 is 9.47 Å². The molecule has 0 N–H and O–H groups in total. The number of ether oxygens (including phenoxy) is 2. The minimum absolute atomic E-state index is 0.0868. The fraction of sp³-hybridized carbons (Fsp3) is 0.438. The SMILES string of the molecule is CO[C@@H]1CCC[C@@H](OC(=O)/C=C/c2ccc(F)cc2[N+](=O)[O-])C1. The van der Waals surface area contributed by atoms with Gasteiger partial charge in [-0.1, -0.05) is 0 Å². The van der Waals surface area contributed by atoms with Crippen molar-refractivity contribution in [2.24, 2.45) is 0 Å². The molecule has 0 saturated heterocycles. The number of carbonyl (C=O) groups excluding carboxylic acids is 1. The molecule has 0 heterocycles. The second-order valence-electron chi connectivity index (χ2n) is 5.38. The van der Waals surface area contributed by atoms with E-state index in [1.165, 1.54) is 12.1 Å². The van der Waals surface area contributed by atoms with Crippen molar-refractivity contribution in [3.8, 4) is 0 Å². The fourth-order valence-electron chi connectivity index (χ4n) is 2.60. The second-order valence-corrected chi connectivity index (χ2v) is 5.38. The fourth-order valence-corrected chi connectivity index (χ4v) is 2.60. The monoisotopic (exact) mass is 323 g/mol. The summed E-state index contributed by atoms with van der Waals surface area (Å²) in [4.78, 5) is 22.0. The zero-order valence-corrected chi connectivity index (χ0v) is 12.7. The number of carbonyl (C=O) groups is 1. The maximum absolute atomic E-state index is 13.1. The predicted octanol–water partition coefficient (Wildman–Crippen LogP) is 3.25. The molecule has 1 aromatic carbocycles. The Morgan fingerprint density at radius 2 is 2.13 bits per heavy atom. The van der Waals surface area contributed by atoms with Crippen LogP contribution in [0.15, 0.2) is 24.3 Å². The third kappa shape index (κ3) is 4.85. The van der Waals surface area contributed by atoms with Crippen LogP contribution in [0.3, 0.4) is 0 Å². The van der Waals surface area contributed by atoms with Crippen molar-refractivity contribution in [2.45, 2.75) is 37.9 Å². The van der Waals surface area contributed by atoms with Gasteiger partial charge in [-0.15, -0.1) is 0 Å². The number of nitrogens with zero attached hydrogens (tertiary/aromatic N) is 1. The molecular weight excluding hydrogens is 305 g/mol. The van der Waals surface area contributed by atoms with Crippen molar-refractivity contribution in [3.63, 3.8) is 0 Å². The van der Waals surface area contributed by atoms with Gasteiger partial charge in [-0.2, -0.15) is 0 Å². The molecule has 0 radical (unpaired) electrons. The van der Waals surface area contributed by atoms with Crippen LogP contribution < -0.4 is 0 Å². The van der Waals surface area contributed by atoms with Gasteiger partial charge in [-0.05, 0) is 37.5 Å². The molecule has 2 atom stereocenters. The van der Waals surface area contributed by atoms with Crippen LogP contribution in [0.1, 0.15) is 31.2 Å². The van der Waals surface area contributed by atoms with Gasteiger partial charge in [0.25, 0.3) is 5.69 Å². The van der Waals surface area contributed by atoms with Crippen molar-refractivity contribution in [1.82, 2.24) is 0 Å². The molecule has 0 aromatic heterocycles. The van der Waals surface area contributed by atoms with E-state index in [4.69, 9.17) is 9.47 Å². The first-order chi connectivity index (χ1) is 11.0. The van der Waals surface area contributed by atoms with Crippen molar-refractivity contribution in [3.05, 3.63) is 45.8 Å². The Hall–Kier alpha value is -2.28. The number of nitro benzene ring substituents is 1. The highest BCUT2D eigenvalue weighted by Crippen LogP contribution is 2.24. The molecule has 1 aliphatic carbocycles. The molecular formula is C16H18FNO5. The average Bonchev–Trinajstić information content (AvgIpc) is 2.53.